The van der Waals surface area contributed by atoms with Crippen molar-refractivity contribution in [2.75, 3.05) is 11.3 Å². The van der Waals surface area contributed by atoms with Gasteiger partial charge in [0.15, 0.2) is 0 Å². The van der Waals surface area contributed by atoms with Gasteiger partial charge in [-0.05, 0) is 62.2 Å². The summed E-state index contributed by atoms with van der Waals surface area (Å²) in [7, 11) is -3.83. The van der Waals surface area contributed by atoms with Gasteiger partial charge in [-0.15, -0.1) is 0 Å². The summed E-state index contributed by atoms with van der Waals surface area (Å²) >= 11 is 0. The molecule has 0 aliphatic carbocycles. The molecule has 0 saturated carbocycles. The predicted molar refractivity (Wildman–Crippen MR) is 122 cm³/mol. The molecule has 1 atom stereocenters. The summed E-state index contributed by atoms with van der Waals surface area (Å²) in [5.41, 5.74) is 2.58. The Balaban J connectivity index is 1.66. The minimum absolute atomic E-state index is 0.0206. The lowest BCUT2D eigenvalue weighted by Gasteiger charge is -2.16. The van der Waals surface area contributed by atoms with E-state index in [1.54, 1.807) is 24.3 Å². The van der Waals surface area contributed by atoms with Gasteiger partial charge in [0.05, 0.1) is 16.6 Å². The molecule has 0 fully saturated rings. The van der Waals surface area contributed by atoms with Crippen molar-refractivity contribution in [1.29, 1.82) is 0 Å². The first-order valence-electron chi connectivity index (χ1n) is 9.94. The first-order valence-corrected chi connectivity index (χ1v) is 11.4. The number of benzene rings is 3. The minimum Gasteiger partial charge on any atom is -0.491 e. The van der Waals surface area contributed by atoms with Crippen molar-refractivity contribution in [2.45, 2.75) is 31.7 Å². The lowest BCUT2D eigenvalue weighted by atomic mass is 10.2. The molecule has 7 heteroatoms. The van der Waals surface area contributed by atoms with E-state index in [0.29, 0.717) is 12.3 Å². The highest BCUT2D eigenvalue weighted by Gasteiger charge is 2.18. The highest BCUT2D eigenvalue weighted by Crippen LogP contribution is 2.20. The standard InChI is InChI=1S/C24H26N2O4S/c1-17-9-4-6-13-22(17)26-31(28,29)21-12-8-11-20(15-21)24(27)25-19(3)16-30-23-14-7-5-10-18(23)2/h4-15,19,26H,16H2,1-3H3,(H,25,27). The molecule has 31 heavy (non-hydrogen) atoms. The molecule has 3 rings (SSSR count). The predicted octanol–water partition coefficient (Wildman–Crippen LogP) is 4.30. The number of hydrogen-bond donors (Lipinski definition) is 2. The Morgan fingerprint density at radius 3 is 2.32 bits per heavy atom. The molecule has 6 nitrogen and oxygen atoms in total. The van der Waals surface area contributed by atoms with Crippen LogP contribution in [0.25, 0.3) is 0 Å². The van der Waals surface area contributed by atoms with E-state index in [-0.39, 0.29) is 22.4 Å². The van der Waals surface area contributed by atoms with Crippen molar-refractivity contribution in [3.8, 4) is 5.75 Å². The molecule has 0 saturated heterocycles. The number of carbonyl (C=O) groups excluding carboxylic acids is 1. The van der Waals surface area contributed by atoms with E-state index in [9.17, 15) is 13.2 Å². The quantitative estimate of drug-likeness (QED) is 0.549. The van der Waals surface area contributed by atoms with Gasteiger partial charge in [-0.2, -0.15) is 0 Å². The first-order chi connectivity index (χ1) is 14.8. The summed E-state index contributed by atoms with van der Waals surface area (Å²) in [6.45, 7) is 5.90. The normalized spacial score (nSPS) is 12.1. The molecular weight excluding hydrogens is 412 g/mol. The SMILES string of the molecule is Cc1ccccc1NS(=O)(=O)c1cccc(C(=O)NC(C)COc2ccccc2C)c1. The van der Waals surface area contributed by atoms with Gasteiger partial charge in [0.1, 0.15) is 12.4 Å². The molecule has 0 aromatic heterocycles. The molecular formula is C24H26N2O4S. The first kappa shape index (κ1) is 22.4. The van der Waals surface area contributed by atoms with Crippen LogP contribution in [0.15, 0.2) is 77.7 Å². The number of rotatable bonds is 8. The Morgan fingerprint density at radius 1 is 0.935 bits per heavy atom. The number of anilines is 1. The Hall–Kier alpha value is -3.32. The van der Waals surface area contributed by atoms with Gasteiger partial charge in [0, 0.05) is 5.56 Å². The van der Waals surface area contributed by atoms with Crippen LogP contribution in [0.3, 0.4) is 0 Å². The highest BCUT2D eigenvalue weighted by molar-refractivity contribution is 7.92. The number of para-hydroxylation sites is 2. The van der Waals surface area contributed by atoms with E-state index in [0.717, 1.165) is 16.9 Å². The van der Waals surface area contributed by atoms with Crippen molar-refractivity contribution < 1.29 is 17.9 Å². The van der Waals surface area contributed by atoms with Gasteiger partial charge in [-0.25, -0.2) is 8.42 Å². The molecule has 2 N–H and O–H groups in total. The van der Waals surface area contributed by atoms with Gasteiger partial charge in [0.25, 0.3) is 15.9 Å². The summed E-state index contributed by atoms with van der Waals surface area (Å²) in [4.78, 5) is 12.7. The zero-order valence-corrected chi connectivity index (χ0v) is 18.6. The maximum Gasteiger partial charge on any atom is 0.261 e. The molecule has 3 aromatic rings. The van der Waals surface area contributed by atoms with Gasteiger partial charge >= 0.3 is 0 Å². The third kappa shape index (κ3) is 5.86. The number of hydrogen-bond acceptors (Lipinski definition) is 4. The molecule has 0 radical (unpaired) electrons. The summed E-state index contributed by atoms with van der Waals surface area (Å²) in [5, 5.41) is 2.84. The summed E-state index contributed by atoms with van der Waals surface area (Å²) in [5.74, 6) is 0.396. The number of amides is 1. The topological polar surface area (TPSA) is 84.5 Å². The maximum atomic E-state index is 12.8. The van der Waals surface area contributed by atoms with Crippen LogP contribution < -0.4 is 14.8 Å². The lowest BCUT2D eigenvalue weighted by molar-refractivity contribution is 0.0926. The minimum atomic E-state index is -3.83. The van der Waals surface area contributed by atoms with E-state index < -0.39 is 10.0 Å². The van der Waals surface area contributed by atoms with Crippen LogP contribution in [0.5, 0.6) is 5.75 Å². The average Bonchev–Trinajstić information content (AvgIpc) is 2.75. The monoisotopic (exact) mass is 438 g/mol. The van der Waals surface area contributed by atoms with Crippen LogP contribution in [-0.2, 0) is 10.0 Å². The second-order valence-electron chi connectivity index (χ2n) is 7.40. The van der Waals surface area contributed by atoms with Crippen LogP contribution in [0.4, 0.5) is 5.69 Å². The fraction of sp³-hybridized carbons (Fsp3) is 0.208. The fourth-order valence-corrected chi connectivity index (χ4v) is 4.15. The van der Waals surface area contributed by atoms with Crippen LogP contribution in [-0.4, -0.2) is 27.0 Å². The van der Waals surface area contributed by atoms with E-state index in [1.165, 1.54) is 12.1 Å². The zero-order valence-electron chi connectivity index (χ0n) is 17.8. The van der Waals surface area contributed by atoms with Gasteiger partial charge in [-0.3, -0.25) is 9.52 Å². The second-order valence-corrected chi connectivity index (χ2v) is 9.08. The number of aryl methyl sites for hydroxylation is 2. The van der Waals surface area contributed by atoms with Crippen molar-refractivity contribution in [2.24, 2.45) is 0 Å². The Bertz CT molecular complexity index is 1180. The zero-order chi connectivity index (χ0) is 22.4. The van der Waals surface area contributed by atoms with Crippen LogP contribution in [0, 0.1) is 13.8 Å². The second kappa shape index (κ2) is 9.66. The third-order valence-corrected chi connectivity index (χ3v) is 6.12. The molecule has 162 valence electrons. The number of ether oxygens (including phenoxy) is 1. The highest BCUT2D eigenvalue weighted by atomic mass is 32.2. The largest absolute Gasteiger partial charge is 0.491 e. The fourth-order valence-electron chi connectivity index (χ4n) is 2.98. The van der Waals surface area contributed by atoms with E-state index in [4.69, 9.17) is 4.74 Å². The number of sulfonamides is 1. The molecule has 0 spiro atoms. The molecule has 1 unspecified atom stereocenters. The van der Waals surface area contributed by atoms with Crippen molar-refractivity contribution in [3.05, 3.63) is 89.5 Å². The maximum absolute atomic E-state index is 12.8. The number of carbonyl (C=O) groups is 1. The van der Waals surface area contributed by atoms with Crippen molar-refractivity contribution in [1.82, 2.24) is 5.32 Å². The summed E-state index contributed by atoms with van der Waals surface area (Å²) in [6, 6.07) is 20.5. The Labute approximate surface area is 183 Å². The van der Waals surface area contributed by atoms with E-state index >= 15 is 0 Å². The summed E-state index contributed by atoms with van der Waals surface area (Å²) < 4.78 is 33.9. The van der Waals surface area contributed by atoms with Gasteiger partial charge in [0.2, 0.25) is 0 Å². The van der Waals surface area contributed by atoms with Crippen LogP contribution in [0.1, 0.15) is 28.4 Å². The molecule has 3 aromatic carbocycles. The smallest absolute Gasteiger partial charge is 0.261 e. The van der Waals surface area contributed by atoms with Gasteiger partial charge in [-0.1, -0.05) is 42.5 Å². The van der Waals surface area contributed by atoms with Gasteiger partial charge < -0.3 is 10.1 Å². The Kier molecular flexibility index (Phi) is 6.97. The lowest BCUT2D eigenvalue weighted by Crippen LogP contribution is -2.36. The van der Waals surface area contributed by atoms with E-state index in [1.807, 2.05) is 57.2 Å². The number of nitrogens with one attached hydrogen (secondary N) is 2. The summed E-state index contributed by atoms with van der Waals surface area (Å²) in [6.07, 6.45) is 0. The molecule has 0 heterocycles. The van der Waals surface area contributed by atoms with E-state index in [2.05, 4.69) is 10.0 Å². The molecule has 0 aliphatic heterocycles. The Morgan fingerprint density at radius 2 is 1.61 bits per heavy atom. The average molecular weight is 439 g/mol. The van der Waals surface area contributed by atoms with Crippen LogP contribution in [0.2, 0.25) is 0 Å². The molecule has 0 bridgehead atoms. The molecule has 1 amide bonds. The third-order valence-electron chi connectivity index (χ3n) is 4.76. The van der Waals surface area contributed by atoms with Crippen LogP contribution >= 0.6 is 0 Å². The van der Waals surface area contributed by atoms with Crippen molar-refractivity contribution >= 4 is 21.6 Å². The van der Waals surface area contributed by atoms with Crippen molar-refractivity contribution in [3.63, 3.8) is 0 Å². The molecule has 0 aliphatic rings.